The Morgan fingerprint density at radius 1 is 1.28 bits per heavy atom. The van der Waals surface area contributed by atoms with E-state index in [1.165, 1.54) is 23.1 Å². The van der Waals surface area contributed by atoms with Gasteiger partial charge in [-0.15, -0.1) is 11.3 Å². The number of imidazole rings is 2. The second kappa shape index (κ2) is 12.0. The predicted octanol–water partition coefficient (Wildman–Crippen LogP) is 3.93. The number of aromatic nitrogens is 5. The Morgan fingerprint density at radius 3 is 2.79 bits per heavy atom. The number of hydrazine groups is 1. The summed E-state index contributed by atoms with van der Waals surface area (Å²) < 4.78 is 18.1. The van der Waals surface area contributed by atoms with Crippen LogP contribution in [0, 0.1) is 12.7 Å². The summed E-state index contributed by atoms with van der Waals surface area (Å²) in [6, 6.07) is 3.79. The molecule has 5 aromatic rings. The highest BCUT2D eigenvalue weighted by Crippen LogP contribution is 2.29. The van der Waals surface area contributed by atoms with E-state index < -0.39 is 5.91 Å². The van der Waals surface area contributed by atoms with Crippen LogP contribution in [-0.2, 0) is 24.3 Å². The van der Waals surface area contributed by atoms with E-state index >= 15 is 0 Å². The first-order valence-corrected chi connectivity index (χ1v) is 13.5. The van der Waals surface area contributed by atoms with Gasteiger partial charge >= 0.3 is 0 Å². The Morgan fingerprint density at radius 2 is 2.08 bits per heavy atom. The number of nitrogens with two attached hydrogens (primary N) is 2. The molecule has 0 aliphatic heterocycles. The van der Waals surface area contributed by atoms with Crippen molar-refractivity contribution in [2.75, 3.05) is 0 Å². The fourth-order valence-electron chi connectivity index (χ4n) is 4.08. The number of aryl methyl sites for hydroxylation is 2. The number of hydrogen-bond donors (Lipinski definition) is 3. The number of nitrogens with zero attached hydrogens (tertiary/aromatic N) is 6. The molecule has 10 nitrogen and oxygen atoms in total. The molecular weight excluding hydrogens is 517 g/mol. The Kier molecular flexibility index (Phi) is 8.57. The van der Waals surface area contributed by atoms with E-state index in [-0.39, 0.29) is 24.6 Å². The van der Waals surface area contributed by atoms with Gasteiger partial charge in [-0.05, 0) is 36.6 Å². The quantitative estimate of drug-likeness (QED) is 0.152. The lowest BCUT2D eigenvalue weighted by atomic mass is 10.1. The van der Waals surface area contributed by atoms with E-state index in [1.54, 1.807) is 40.4 Å². The van der Waals surface area contributed by atoms with Crippen LogP contribution in [0.15, 0.2) is 60.7 Å². The van der Waals surface area contributed by atoms with Gasteiger partial charge < -0.3 is 24.9 Å². The first kappa shape index (κ1) is 27.7. The largest absolute Gasteiger partial charge is 0.393 e. The van der Waals surface area contributed by atoms with Crippen LogP contribution in [0.4, 0.5) is 4.39 Å². The van der Waals surface area contributed by atoms with Crippen molar-refractivity contribution in [1.82, 2.24) is 34.1 Å². The van der Waals surface area contributed by atoms with Crippen LogP contribution in [0.2, 0.25) is 0 Å². The van der Waals surface area contributed by atoms with Crippen molar-refractivity contribution in [2.45, 2.75) is 47.2 Å². The van der Waals surface area contributed by atoms with E-state index in [0.29, 0.717) is 22.5 Å². The second-order valence-electron chi connectivity index (χ2n) is 8.64. The average Bonchev–Trinajstić information content (AvgIpc) is 3.69. The van der Waals surface area contributed by atoms with Gasteiger partial charge in [0.05, 0.1) is 41.2 Å². The molecule has 39 heavy (non-hydrogen) atoms. The summed E-state index contributed by atoms with van der Waals surface area (Å²) >= 11 is 1.55. The van der Waals surface area contributed by atoms with Crippen LogP contribution < -0.4 is 16.9 Å². The number of nitrogens with one attached hydrogen (secondary N) is 1. The van der Waals surface area contributed by atoms with Crippen molar-refractivity contribution >= 4 is 28.4 Å². The van der Waals surface area contributed by atoms with Gasteiger partial charge in [0.15, 0.2) is 5.82 Å². The van der Waals surface area contributed by atoms with Crippen molar-refractivity contribution in [3.05, 3.63) is 89.0 Å². The predicted molar refractivity (Wildman–Crippen MR) is 151 cm³/mol. The molecule has 5 N–H and O–H groups in total. The zero-order valence-electron chi connectivity index (χ0n) is 22.3. The van der Waals surface area contributed by atoms with Gasteiger partial charge in [-0.3, -0.25) is 9.78 Å². The van der Waals surface area contributed by atoms with Gasteiger partial charge in [-0.1, -0.05) is 20.8 Å². The summed E-state index contributed by atoms with van der Waals surface area (Å²) in [5.74, 6) is 5.21. The average molecular weight is 550 g/mol. The number of hydrogen-bond acceptors (Lipinski definition) is 8. The molecule has 1 amide bonds. The maximum Gasteiger partial charge on any atom is 0.269 e. The fraction of sp³-hybridized carbons (Fsp3) is 0.259. The molecule has 0 spiro atoms. The molecule has 12 heteroatoms. The molecule has 0 aromatic carbocycles. The molecule has 5 heterocycles. The second-order valence-corrected chi connectivity index (χ2v) is 9.53. The molecule has 0 unspecified atom stereocenters. The maximum absolute atomic E-state index is 14.5. The van der Waals surface area contributed by atoms with Crippen LogP contribution in [0.25, 0.3) is 21.6 Å². The van der Waals surface area contributed by atoms with Gasteiger partial charge in [0, 0.05) is 36.6 Å². The maximum atomic E-state index is 14.5. The number of amides is 1. The van der Waals surface area contributed by atoms with Crippen molar-refractivity contribution in [3.63, 3.8) is 0 Å². The van der Waals surface area contributed by atoms with Crippen molar-refractivity contribution < 1.29 is 9.18 Å². The van der Waals surface area contributed by atoms with Crippen LogP contribution >= 0.6 is 11.3 Å². The van der Waals surface area contributed by atoms with Gasteiger partial charge in [0.2, 0.25) is 0 Å². The minimum Gasteiger partial charge on any atom is -0.393 e. The minimum atomic E-state index is -0.542. The molecule has 0 aliphatic rings. The lowest BCUT2D eigenvalue weighted by Gasteiger charge is -2.13. The van der Waals surface area contributed by atoms with Gasteiger partial charge in [-0.25, -0.2) is 20.2 Å². The topological polar surface area (TPSA) is 132 Å². The minimum absolute atomic E-state index is 0.0152. The number of carbonyl (C=O) groups excluding carboxylic acids is 1. The highest BCUT2D eigenvalue weighted by atomic mass is 32.1. The lowest BCUT2D eigenvalue weighted by molar-refractivity contribution is -0.117. The number of thiazole rings is 1. The monoisotopic (exact) mass is 549 g/mol. The summed E-state index contributed by atoms with van der Waals surface area (Å²) in [6.45, 7) is 8.02. The highest BCUT2D eigenvalue weighted by Gasteiger charge is 2.15. The van der Waals surface area contributed by atoms with Crippen LogP contribution in [0.3, 0.4) is 0 Å². The zero-order valence-corrected chi connectivity index (χ0v) is 23.2. The molecule has 0 radical (unpaired) electrons. The van der Waals surface area contributed by atoms with Crippen molar-refractivity contribution in [2.24, 2.45) is 11.6 Å². The molecule has 0 saturated heterocycles. The van der Waals surface area contributed by atoms with Crippen LogP contribution in [-0.4, -0.2) is 34.7 Å². The van der Waals surface area contributed by atoms with Crippen molar-refractivity contribution in [3.8, 4) is 10.4 Å². The molecular formula is C27H32FN9OS. The number of halogens is 1. The third-order valence-corrected chi connectivity index (χ3v) is 6.81. The molecule has 0 bridgehead atoms. The Bertz CT molecular complexity index is 1620. The van der Waals surface area contributed by atoms with Crippen LogP contribution in [0.5, 0.6) is 0 Å². The van der Waals surface area contributed by atoms with Gasteiger partial charge in [0.1, 0.15) is 16.9 Å². The normalized spacial score (nSPS) is 11.5. The Hall–Kier alpha value is -4.29. The summed E-state index contributed by atoms with van der Waals surface area (Å²) in [6.07, 6.45) is 11.2. The molecule has 0 atom stereocenters. The lowest BCUT2D eigenvalue weighted by Crippen LogP contribution is -2.32. The van der Waals surface area contributed by atoms with Crippen LogP contribution in [0.1, 0.15) is 43.3 Å². The SMILES string of the molecule is CC.CCc1cc(-c2cncs2)c2nc(CN(N)/C=C(\N)C(=O)NCc3ncn4ccc(C)c(F)c34)cn2c1. The van der Waals surface area contributed by atoms with E-state index in [1.807, 2.05) is 36.8 Å². The zero-order chi connectivity index (χ0) is 28.1. The standard InChI is InChI=1S/C25H26FN9OS.C2H6/c1-3-16-6-18(21-8-29-14-37-21)24-32-17(10-34(24)9-16)11-35(28)12-19(27)25(36)30-7-20-23-22(26)15(2)4-5-33(23)13-31-20;1-2/h4-6,8-10,12-14H,3,7,11,27-28H2,1-2H3,(H,30,36);1-2H3/b19-12-;. The Labute approximate surface area is 229 Å². The first-order valence-electron chi connectivity index (χ1n) is 12.6. The number of pyridine rings is 2. The third kappa shape index (κ3) is 5.91. The molecule has 0 saturated carbocycles. The highest BCUT2D eigenvalue weighted by molar-refractivity contribution is 7.13. The molecule has 0 fully saturated rings. The van der Waals surface area contributed by atoms with Crippen molar-refractivity contribution in [1.29, 1.82) is 0 Å². The smallest absolute Gasteiger partial charge is 0.269 e. The molecule has 0 aliphatic carbocycles. The summed E-state index contributed by atoms with van der Waals surface area (Å²) in [5.41, 5.74) is 12.6. The molecule has 204 valence electrons. The summed E-state index contributed by atoms with van der Waals surface area (Å²) in [4.78, 5) is 26.7. The number of fused-ring (bicyclic) bond motifs is 2. The Balaban J connectivity index is 0.00000172. The van der Waals surface area contributed by atoms with E-state index in [0.717, 1.165) is 22.5 Å². The summed E-state index contributed by atoms with van der Waals surface area (Å²) in [7, 11) is 0. The van der Waals surface area contributed by atoms with E-state index in [4.69, 9.17) is 16.6 Å². The van der Waals surface area contributed by atoms with E-state index in [2.05, 4.69) is 28.3 Å². The first-order chi connectivity index (χ1) is 18.8. The third-order valence-electron chi connectivity index (χ3n) is 6.00. The van der Waals surface area contributed by atoms with E-state index in [9.17, 15) is 9.18 Å². The molecule has 5 aromatic heterocycles. The fourth-order valence-corrected chi connectivity index (χ4v) is 4.71. The summed E-state index contributed by atoms with van der Waals surface area (Å²) in [5, 5.41) is 3.97. The van der Waals surface area contributed by atoms with Gasteiger partial charge in [-0.2, -0.15) is 0 Å². The molecule has 5 rings (SSSR count). The number of rotatable bonds is 8. The van der Waals surface area contributed by atoms with Gasteiger partial charge in [0.25, 0.3) is 5.91 Å². The number of carbonyl (C=O) groups is 1.